The average Bonchev–Trinajstić information content (AvgIpc) is 2.37. The Kier molecular flexibility index (Phi) is 4.38. The summed E-state index contributed by atoms with van der Waals surface area (Å²) >= 11 is 0. The lowest BCUT2D eigenvalue weighted by Crippen LogP contribution is -2.48. The minimum atomic E-state index is -0.169. The summed E-state index contributed by atoms with van der Waals surface area (Å²) in [5.41, 5.74) is 8.67. The standard InChI is InChI=1S/C17H27FN2/c1-5-6-7-20-16-9-15(18)13(11-19)8-14(16)12(2)10-17(20,3)4/h8-9,12H,5-7,10-11,19H2,1-4H3/t12-/m0/s1. The van der Waals surface area contributed by atoms with Gasteiger partial charge in [0.15, 0.2) is 0 Å². The van der Waals surface area contributed by atoms with E-state index < -0.39 is 0 Å². The second-order valence-electron chi connectivity index (χ2n) is 6.63. The molecule has 0 amide bonds. The Hall–Kier alpha value is -1.09. The molecule has 0 saturated heterocycles. The van der Waals surface area contributed by atoms with Gasteiger partial charge in [-0.2, -0.15) is 0 Å². The molecule has 1 aromatic carbocycles. The van der Waals surface area contributed by atoms with Crippen LogP contribution in [0, 0.1) is 5.82 Å². The molecule has 0 fully saturated rings. The number of unbranched alkanes of at least 4 members (excludes halogenated alkanes) is 1. The number of nitrogens with zero attached hydrogens (tertiary/aromatic N) is 1. The van der Waals surface area contributed by atoms with E-state index in [2.05, 4.69) is 32.6 Å². The zero-order valence-corrected chi connectivity index (χ0v) is 13.2. The second-order valence-corrected chi connectivity index (χ2v) is 6.63. The minimum Gasteiger partial charge on any atom is -0.366 e. The summed E-state index contributed by atoms with van der Waals surface area (Å²) in [5.74, 6) is 0.279. The van der Waals surface area contributed by atoms with Crippen molar-refractivity contribution in [3.8, 4) is 0 Å². The van der Waals surface area contributed by atoms with Crippen molar-refractivity contribution >= 4 is 5.69 Å². The lowest BCUT2D eigenvalue weighted by atomic mass is 9.79. The smallest absolute Gasteiger partial charge is 0.129 e. The number of fused-ring (bicyclic) bond motifs is 1. The first kappa shape index (κ1) is 15.3. The summed E-state index contributed by atoms with van der Waals surface area (Å²) in [7, 11) is 0. The van der Waals surface area contributed by atoms with Gasteiger partial charge in [0.05, 0.1) is 0 Å². The largest absolute Gasteiger partial charge is 0.366 e. The van der Waals surface area contributed by atoms with Gasteiger partial charge in [-0.15, -0.1) is 0 Å². The molecule has 1 heterocycles. The second kappa shape index (κ2) is 5.72. The quantitative estimate of drug-likeness (QED) is 0.895. The number of benzene rings is 1. The van der Waals surface area contributed by atoms with E-state index in [0.29, 0.717) is 11.5 Å². The van der Waals surface area contributed by atoms with Crippen LogP contribution in [-0.2, 0) is 6.54 Å². The first-order chi connectivity index (χ1) is 9.40. The Morgan fingerprint density at radius 1 is 1.40 bits per heavy atom. The Morgan fingerprint density at radius 3 is 2.70 bits per heavy atom. The van der Waals surface area contributed by atoms with Crippen LogP contribution in [0.2, 0.25) is 0 Å². The predicted octanol–water partition coefficient (Wildman–Crippen LogP) is 4.18. The van der Waals surface area contributed by atoms with Crippen molar-refractivity contribution in [3.05, 3.63) is 29.1 Å². The van der Waals surface area contributed by atoms with E-state index in [0.717, 1.165) is 31.5 Å². The highest BCUT2D eigenvalue weighted by molar-refractivity contribution is 5.61. The van der Waals surface area contributed by atoms with Crippen molar-refractivity contribution in [2.45, 2.75) is 65.0 Å². The molecule has 112 valence electrons. The monoisotopic (exact) mass is 278 g/mol. The molecule has 1 aromatic rings. The SMILES string of the molecule is CCCCN1c2cc(F)c(CN)cc2[C@@H](C)CC1(C)C. The summed E-state index contributed by atoms with van der Waals surface area (Å²) < 4.78 is 14.1. The van der Waals surface area contributed by atoms with E-state index in [1.54, 1.807) is 6.07 Å². The number of nitrogens with two attached hydrogens (primary N) is 1. The zero-order chi connectivity index (χ0) is 14.9. The van der Waals surface area contributed by atoms with Gasteiger partial charge in [-0.3, -0.25) is 0 Å². The first-order valence-electron chi connectivity index (χ1n) is 7.70. The normalized spacial score (nSPS) is 20.9. The molecular weight excluding hydrogens is 251 g/mol. The molecule has 1 atom stereocenters. The third kappa shape index (κ3) is 2.69. The molecule has 0 aromatic heterocycles. The summed E-state index contributed by atoms with van der Waals surface area (Å²) in [6.45, 7) is 10.2. The molecule has 1 aliphatic rings. The van der Waals surface area contributed by atoms with E-state index in [1.165, 1.54) is 5.56 Å². The van der Waals surface area contributed by atoms with Crippen LogP contribution in [-0.4, -0.2) is 12.1 Å². The third-order valence-corrected chi connectivity index (χ3v) is 4.51. The third-order valence-electron chi connectivity index (χ3n) is 4.51. The van der Waals surface area contributed by atoms with Crippen molar-refractivity contribution in [1.29, 1.82) is 0 Å². The van der Waals surface area contributed by atoms with Crippen LogP contribution in [0.25, 0.3) is 0 Å². The number of halogens is 1. The van der Waals surface area contributed by atoms with E-state index in [9.17, 15) is 4.39 Å². The molecule has 0 radical (unpaired) electrons. The highest BCUT2D eigenvalue weighted by Crippen LogP contribution is 2.44. The van der Waals surface area contributed by atoms with Gasteiger partial charge in [0, 0.05) is 29.9 Å². The summed E-state index contributed by atoms with van der Waals surface area (Å²) in [4.78, 5) is 2.38. The van der Waals surface area contributed by atoms with Crippen LogP contribution >= 0.6 is 0 Å². The molecule has 0 saturated carbocycles. The fourth-order valence-electron chi connectivity index (χ4n) is 3.45. The van der Waals surface area contributed by atoms with Gasteiger partial charge >= 0.3 is 0 Å². The van der Waals surface area contributed by atoms with Gasteiger partial charge in [0.2, 0.25) is 0 Å². The van der Waals surface area contributed by atoms with Gasteiger partial charge in [-0.05, 0) is 50.3 Å². The van der Waals surface area contributed by atoms with Gasteiger partial charge in [0.25, 0.3) is 0 Å². The van der Waals surface area contributed by atoms with Crippen molar-refractivity contribution in [2.75, 3.05) is 11.4 Å². The number of anilines is 1. The van der Waals surface area contributed by atoms with E-state index in [-0.39, 0.29) is 17.9 Å². The molecule has 2 N–H and O–H groups in total. The summed E-state index contributed by atoms with van der Waals surface area (Å²) in [6, 6.07) is 3.67. The maximum absolute atomic E-state index is 14.1. The Morgan fingerprint density at radius 2 is 2.10 bits per heavy atom. The van der Waals surface area contributed by atoms with Crippen molar-refractivity contribution in [3.63, 3.8) is 0 Å². The number of rotatable bonds is 4. The van der Waals surface area contributed by atoms with Crippen LogP contribution in [0.5, 0.6) is 0 Å². The van der Waals surface area contributed by atoms with Crippen LogP contribution in [0.15, 0.2) is 12.1 Å². The molecule has 2 nitrogen and oxygen atoms in total. The zero-order valence-electron chi connectivity index (χ0n) is 13.2. The molecule has 3 heteroatoms. The Balaban J connectivity index is 2.49. The highest BCUT2D eigenvalue weighted by atomic mass is 19.1. The summed E-state index contributed by atoms with van der Waals surface area (Å²) in [6.07, 6.45) is 3.39. The van der Waals surface area contributed by atoms with Crippen molar-refractivity contribution in [2.24, 2.45) is 5.73 Å². The fraction of sp³-hybridized carbons (Fsp3) is 0.647. The lowest BCUT2D eigenvalue weighted by molar-refractivity contribution is 0.372. The van der Waals surface area contributed by atoms with Gasteiger partial charge in [-0.1, -0.05) is 20.3 Å². The maximum atomic E-state index is 14.1. The molecule has 20 heavy (non-hydrogen) atoms. The molecular formula is C17H27FN2. The molecule has 2 rings (SSSR count). The first-order valence-corrected chi connectivity index (χ1v) is 7.70. The lowest BCUT2D eigenvalue weighted by Gasteiger charge is -2.48. The average molecular weight is 278 g/mol. The van der Waals surface area contributed by atoms with E-state index >= 15 is 0 Å². The fourth-order valence-corrected chi connectivity index (χ4v) is 3.45. The van der Waals surface area contributed by atoms with Crippen LogP contribution in [0.3, 0.4) is 0 Å². The van der Waals surface area contributed by atoms with Crippen molar-refractivity contribution < 1.29 is 4.39 Å². The Labute approximate surface area is 122 Å². The van der Waals surface area contributed by atoms with Gasteiger partial charge < -0.3 is 10.6 Å². The molecule has 0 bridgehead atoms. The summed E-state index contributed by atoms with van der Waals surface area (Å²) in [5, 5.41) is 0. The number of hydrogen-bond donors (Lipinski definition) is 1. The van der Waals surface area contributed by atoms with Crippen molar-refractivity contribution in [1.82, 2.24) is 0 Å². The van der Waals surface area contributed by atoms with Crippen LogP contribution in [0.1, 0.15) is 64.0 Å². The predicted molar refractivity (Wildman–Crippen MR) is 83.7 cm³/mol. The van der Waals surface area contributed by atoms with Gasteiger partial charge in [0.1, 0.15) is 5.82 Å². The van der Waals surface area contributed by atoms with Crippen LogP contribution in [0.4, 0.5) is 10.1 Å². The molecule has 0 spiro atoms. The number of hydrogen-bond acceptors (Lipinski definition) is 2. The van der Waals surface area contributed by atoms with E-state index in [1.807, 2.05) is 6.07 Å². The molecule has 0 unspecified atom stereocenters. The van der Waals surface area contributed by atoms with Crippen LogP contribution < -0.4 is 10.6 Å². The minimum absolute atomic E-state index is 0.0816. The highest BCUT2D eigenvalue weighted by Gasteiger charge is 2.36. The molecule has 1 aliphatic heterocycles. The van der Waals surface area contributed by atoms with Gasteiger partial charge in [-0.25, -0.2) is 4.39 Å². The van der Waals surface area contributed by atoms with E-state index in [4.69, 9.17) is 5.73 Å². The molecule has 0 aliphatic carbocycles. The maximum Gasteiger partial charge on any atom is 0.129 e. The Bertz CT molecular complexity index is 482. The topological polar surface area (TPSA) is 29.3 Å².